The van der Waals surface area contributed by atoms with Crippen molar-refractivity contribution in [3.63, 3.8) is 0 Å². The van der Waals surface area contributed by atoms with Crippen LogP contribution in [0, 0.1) is 0 Å². The van der Waals surface area contributed by atoms with E-state index >= 15 is 0 Å². The first-order chi connectivity index (χ1) is 12.9. The van der Waals surface area contributed by atoms with Crippen LogP contribution in [0.5, 0.6) is 0 Å². The molecule has 0 aliphatic rings. The van der Waals surface area contributed by atoms with Crippen molar-refractivity contribution >= 4 is 11.9 Å². The monoisotopic (exact) mass is 370 g/mol. The van der Waals surface area contributed by atoms with Crippen molar-refractivity contribution in [3.05, 3.63) is 84.4 Å². The molecule has 5 N–H and O–H groups in total. The summed E-state index contributed by atoms with van der Waals surface area (Å²) in [6, 6.07) is 17.6. The highest BCUT2D eigenvalue weighted by Crippen LogP contribution is 2.03. The highest BCUT2D eigenvalue weighted by molar-refractivity contribution is 5.76. The number of carbonyl (C=O) groups is 2. The van der Waals surface area contributed by atoms with Crippen LogP contribution in [0.1, 0.15) is 11.1 Å². The van der Waals surface area contributed by atoms with E-state index in [4.69, 9.17) is 21.3 Å². The van der Waals surface area contributed by atoms with Crippen LogP contribution in [-0.2, 0) is 27.2 Å². The second-order valence-electron chi connectivity index (χ2n) is 5.85. The molecule has 2 atom stereocenters. The van der Waals surface area contributed by atoms with E-state index in [2.05, 4.69) is 6.58 Å². The van der Waals surface area contributed by atoms with Gasteiger partial charge in [-0.15, -0.1) is 0 Å². The van der Waals surface area contributed by atoms with Gasteiger partial charge in [-0.2, -0.15) is 0 Å². The minimum atomic E-state index is -0.959. The maximum Gasteiger partial charge on any atom is 0.323 e. The second-order valence-corrected chi connectivity index (χ2v) is 5.85. The van der Waals surface area contributed by atoms with Crippen LogP contribution in [0.3, 0.4) is 0 Å². The molecule has 144 valence electrons. The molecular formula is C21H26N2O4. The molecule has 0 radical (unpaired) electrons. The molecule has 0 aliphatic carbocycles. The Bertz CT molecular complexity index is 705. The number of ether oxygens (including phenoxy) is 1. The standard InChI is InChI=1S/C12H15NO2.C9H11NO2/c1-2-8-15-12(14)11(13)9-10-6-4-3-5-7-10;10-8(9(11)12)6-7-4-2-1-3-5-7/h2-7,11H,1,8-9,13H2;1-5,8H,6,10H2,(H,11,12)/t11-;8-/m00/s1. The first-order valence-corrected chi connectivity index (χ1v) is 8.53. The van der Waals surface area contributed by atoms with Crippen molar-refractivity contribution in [2.75, 3.05) is 6.61 Å². The van der Waals surface area contributed by atoms with E-state index in [-0.39, 0.29) is 6.61 Å². The van der Waals surface area contributed by atoms with Crippen LogP contribution in [0.2, 0.25) is 0 Å². The number of esters is 1. The van der Waals surface area contributed by atoms with Gasteiger partial charge in [0.1, 0.15) is 18.7 Å². The Balaban J connectivity index is 0.000000277. The summed E-state index contributed by atoms with van der Waals surface area (Å²) in [5, 5.41) is 8.52. The van der Waals surface area contributed by atoms with Gasteiger partial charge in [0.15, 0.2) is 0 Å². The third-order valence-corrected chi connectivity index (χ3v) is 3.56. The fourth-order valence-electron chi connectivity index (χ4n) is 2.15. The van der Waals surface area contributed by atoms with E-state index in [0.717, 1.165) is 11.1 Å². The zero-order valence-corrected chi connectivity index (χ0v) is 15.2. The van der Waals surface area contributed by atoms with Crippen LogP contribution in [0.4, 0.5) is 0 Å². The number of rotatable bonds is 8. The van der Waals surface area contributed by atoms with E-state index in [9.17, 15) is 9.59 Å². The molecule has 27 heavy (non-hydrogen) atoms. The number of carboxylic acids is 1. The van der Waals surface area contributed by atoms with E-state index in [1.807, 2.05) is 60.7 Å². The van der Waals surface area contributed by atoms with Crippen LogP contribution < -0.4 is 11.5 Å². The van der Waals surface area contributed by atoms with Crippen molar-refractivity contribution < 1.29 is 19.4 Å². The highest BCUT2D eigenvalue weighted by atomic mass is 16.5. The molecule has 2 rings (SSSR count). The second kappa shape index (κ2) is 12.4. The SMILES string of the molecule is C=CCOC(=O)[C@@H](N)Cc1ccccc1.N[C@@H](Cc1ccccc1)C(=O)O. The Labute approximate surface area is 159 Å². The topological polar surface area (TPSA) is 116 Å². The number of hydrogen-bond donors (Lipinski definition) is 3. The third-order valence-electron chi connectivity index (χ3n) is 3.56. The Morgan fingerprint density at radius 1 is 0.926 bits per heavy atom. The molecule has 0 unspecified atom stereocenters. The van der Waals surface area contributed by atoms with Crippen molar-refractivity contribution in [2.24, 2.45) is 11.5 Å². The zero-order chi connectivity index (χ0) is 20.1. The maximum atomic E-state index is 11.3. The zero-order valence-electron chi connectivity index (χ0n) is 15.2. The number of benzene rings is 2. The molecule has 0 saturated carbocycles. The first-order valence-electron chi connectivity index (χ1n) is 8.53. The maximum absolute atomic E-state index is 11.3. The highest BCUT2D eigenvalue weighted by Gasteiger charge is 2.14. The lowest BCUT2D eigenvalue weighted by Gasteiger charge is -2.10. The molecule has 2 aromatic carbocycles. The lowest BCUT2D eigenvalue weighted by Crippen LogP contribution is -2.34. The summed E-state index contributed by atoms with van der Waals surface area (Å²) < 4.78 is 4.84. The van der Waals surface area contributed by atoms with Gasteiger partial charge in [-0.25, -0.2) is 0 Å². The number of carbonyl (C=O) groups excluding carboxylic acids is 1. The summed E-state index contributed by atoms with van der Waals surface area (Å²) in [6.45, 7) is 3.67. The van der Waals surface area contributed by atoms with Gasteiger partial charge >= 0.3 is 11.9 Å². The number of nitrogens with two attached hydrogens (primary N) is 2. The minimum absolute atomic E-state index is 0.210. The Morgan fingerprint density at radius 3 is 1.78 bits per heavy atom. The molecule has 0 aromatic heterocycles. The van der Waals surface area contributed by atoms with Crippen molar-refractivity contribution in [1.29, 1.82) is 0 Å². The largest absolute Gasteiger partial charge is 0.480 e. The van der Waals surface area contributed by atoms with E-state index in [1.165, 1.54) is 6.08 Å². The molecular weight excluding hydrogens is 344 g/mol. The summed E-state index contributed by atoms with van der Waals surface area (Å²) in [5.74, 6) is -1.35. The molecule has 0 bridgehead atoms. The van der Waals surface area contributed by atoms with E-state index < -0.39 is 24.0 Å². The number of aliphatic carboxylic acids is 1. The smallest absolute Gasteiger partial charge is 0.323 e. The van der Waals surface area contributed by atoms with Crippen molar-refractivity contribution in [1.82, 2.24) is 0 Å². The Hall–Kier alpha value is -2.96. The molecule has 0 heterocycles. The summed E-state index contributed by atoms with van der Waals surface area (Å²) in [7, 11) is 0. The lowest BCUT2D eigenvalue weighted by molar-refractivity contribution is -0.144. The molecule has 0 spiro atoms. The van der Waals surface area contributed by atoms with Gasteiger partial charge in [-0.1, -0.05) is 73.3 Å². The van der Waals surface area contributed by atoms with Gasteiger partial charge in [-0.3, -0.25) is 9.59 Å². The minimum Gasteiger partial charge on any atom is -0.480 e. The van der Waals surface area contributed by atoms with Crippen molar-refractivity contribution in [3.8, 4) is 0 Å². The predicted molar refractivity (Wildman–Crippen MR) is 105 cm³/mol. The fraction of sp³-hybridized carbons (Fsp3) is 0.238. The van der Waals surface area contributed by atoms with Crippen LogP contribution in [0.25, 0.3) is 0 Å². The lowest BCUT2D eigenvalue weighted by atomic mass is 10.1. The normalized spacial score (nSPS) is 12.1. The molecule has 0 saturated heterocycles. The molecule has 0 amide bonds. The van der Waals surface area contributed by atoms with Crippen LogP contribution >= 0.6 is 0 Å². The van der Waals surface area contributed by atoms with Gasteiger partial charge < -0.3 is 21.3 Å². The van der Waals surface area contributed by atoms with E-state index in [1.54, 1.807) is 0 Å². The average molecular weight is 370 g/mol. The average Bonchev–Trinajstić information content (AvgIpc) is 2.68. The molecule has 6 nitrogen and oxygen atoms in total. The number of carboxylic acid groups (broad SMARTS) is 1. The molecule has 6 heteroatoms. The van der Waals surface area contributed by atoms with Crippen LogP contribution in [0.15, 0.2) is 73.3 Å². The molecule has 2 aromatic rings. The van der Waals surface area contributed by atoms with Crippen LogP contribution in [-0.4, -0.2) is 35.7 Å². The molecule has 0 fully saturated rings. The molecule has 0 aliphatic heterocycles. The first kappa shape index (κ1) is 22.1. The number of hydrogen-bond acceptors (Lipinski definition) is 5. The quantitative estimate of drug-likeness (QED) is 0.483. The van der Waals surface area contributed by atoms with Gasteiger partial charge in [0.2, 0.25) is 0 Å². The summed E-state index contributed by atoms with van der Waals surface area (Å²) in [6.07, 6.45) is 2.40. The Kier molecular flexibility index (Phi) is 10.1. The summed E-state index contributed by atoms with van der Waals surface area (Å²) in [4.78, 5) is 21.7. The fourth-order valence-corrected chi connectivity index (χ4v) is 2.15. The van der Waals surface area contributed by atoms with Crippen molar-refractivity contribution in [2.45, 2.75) is 24.9 Å². The predicted octanol–water partition coefficient (Wildman–Crippen LogP) is 1.93. The third kappa shape index (κ3) is 9.34. The summed E-state index contributed by atoms with van der Waals surface area (Å²) in [5.41, 5.74) is 13.0. The van der Waals surface area contributed by atoms with E-state index in [0.29, 0.717) is 12.8 Å². The Morgan fingerprint density at radius 2 is 1.37 bits per heavy atom. The van der Waals surface area contributed by atoms with Gasteiger partial charge in [0.05, 0.1) is 0 Å². The van der Waals surface area contributed by atoms with Gasteiger partial charge in [-0.05, 0) is 24.0 Å². The summed E-state index contributed by atoms with van der Waals surface area (Å²) >= 11 is 0. The van der Waals surface area contributed by atoms with Gasteiger partial charge in [0.25, 0.3) is 0 Å². The van der Waals surface area contributed by atoms with Gasteiger partial charge in [0, 0.05) is 0 Å².